The zero-order valence-corrected chi connectivity index (χ0v) is 11.7. The Balaban J connectivity index is 2.05. The summed E-state index contributed by atoms with van der Waals surface area (Å²) < 4.78 is 0. The Labute approximate surface area is 121 Å². The van der Waals surface area contributed by atoms with E-state index in [9.17, 15) is 9.90 Å². The van der Waals surface area contributed by atoms with E-state index in [1.54, 1.807) is 0 Å². The second-order valence-corrected chi connectivity index (χ2v) is 5.63. The number of rotatable bonds is 6. The number of hydrogen-bond acceptors (Lipinski definition) is 3. The van der Waals surface area contributed by atoms with Crippen molar-refractivity contribution >= 4 is 13.8 Å². The number of carboxylic acids is 1. The Bertz CT molecular complexity index is 454. The monoisotopic (exact) mass is 272 g/mol. The van der Waals surface area contributed by atoms with E-state index in [-0.39, 0.29) is 5.92 Å². The number of benzene rings is 1. The van der Waals surface area contributed by atoms with Crippen LogP contribution in [-0.2, 0) is 11.3 Å². The smallest absolute Gasteiger partial charge is 0.325 e. The molecular weight excluding hydrogens is 251 g/mol. The molecule has 2 rings (SSSR count). The average molecular weight is 272 g/mol. The minimum atomic E-state index is -1.15. The predicted octanol–water partition coefficient (Wildman–Crippen LogP) is 1.27. The topological polar surface area (TPSA) is 66.6 Å². The third-order valence-electron chi connectivity index (χ3n) is 4.10. The van der Waals surface area contributed by atoms with Crippen LogP contribution in [0.15, 0.2) is 30.3 Å². The lowest BCUT2D eigenvalue weighted by Gasteiger charge is -2.25. The number of carboxylic acid groups (broad SMARTS) is 1. The molecule has 20 heavy (non-hydrogen) atoms. The van der Waals surface area contributed by atoms with Crippen molar-refractivity contribution in [1.82, 2.24) is 4.90 Å². The molecule has 1 aromatic carbocycles. The lowest BCUT2D eigenvalue weighted by molar-refractivity contribution is -0.144. The highest BCUT2D eigenvalue weighted by Gasteiger charge is 2.48. The van der Waals surface area contributed by atoms with Gasteiger partial charge in [0, 0.05) is 25.6 Å². The summed E-state index contributed by atoms with van der Waals surface area (Å²) >= 11 is 0. The number of aliphatic carboxylic acids is 1. The average Bonchev–Trinajstić information content (AvgIpc) is 2.75. The molecule has 4 nitrogen and oxygen atoms in total. The molecule has 1 fully saturated rings. The fourth-order valence-electron chi connectivity index (χ4n) is 2.96. The van der Waals surface area contributed by atoms with Crippen molar-refractivity contribution in [3.8, 4) is 0 Å². The first-order valence-electron chi connectivity index (χ1n) is 7.05. The Morgan fingerprint density at radius 2 is 2.15 bits per heavy atom. The predicted molar refractivity (Wildman–Crippen MR) is 79.6 cm³/mol. The van der Waals surface area contributed by atoms with Crippen molar-refractivity contribution in [2.45, 2.75) is 31.2 Å². The molecule has 0 unspecified atom stereocenters. The summed E-state index contributed by atoms with van der Waals surface area (Å²) in [5.74, 6) is -0.942. The summed E-state index contributed by atoms with van der Waals surface area (Å²) in [4.78, 5) is 13.6. The van der Waals surface area contributed by atoms with Crippen LogP contribution in [0.5, 0.6) is 0 Å². The highest BCUT2D eigenvalue weighted by Crippen LogP contribution is 2.31. The van der Waals surface area contributed by atoms with E-state index in [0.717, 1.165) is 25.9 Å². The van der Waals surface area contributed by atoms with Gasteiger partial charge in [-0.15, -0.1) is 0 Å². The lowest BCUT2D eigenvalue weighted by atomic mass is 9.83. The molecule has 106 valence electrons. The van der Waals surface area contributed by atoms with E-state index in [1.807, 2.05) is 30.3 Å². The van der Waals surface area contributed by atoms with Gasteiger partial charge in [0.25, 0.3) is 0 Å². The van der Waals surface area contributed by atoms with Crippen LogP contribution in [-0.4, -0.2) is 42.5 Å². The molecule has 0 bridgehead atoms. The maximum Gasteiger partial charge on any atom is 0.325 e. The highest BCUT2D eigenvalue weighted by molar-refractivity contribution is 6.08. The van der Waals surface area contributed by atoms with Gasteiger partial charge in [-0.3, -0.25) is 9.69 Å². The van der Waals surface area contributed by atoms with E-state index in [2.05, 4.69) is 4.90 Å². The van der Waals surface area contributed by atoms with Gasteiger partial charge < -0.3 is 10.8 Å². The molecule has 2 atom stereocenters. The first-order valence-corrected chi connectivity index (χ1v) is 7.05. The van der Waals surface area contributed by atoms with E-state index in [1.165, 1.54) is 5.56 Å². The number of nitrogens with two attached hydrogens (primary N) is 1. The molecule has 0 spiro atoms. The van der Waals surface area contributed by atoms with Crippen LogP contribution in [0.3, 0.4) is 0 Å². The summed E-state index contributed by atoms with van der Waals surface area (Å²) in [6.45, 7) is 1.86. The molecule has 0 amide bonds. The van der Waals surface area contributed by atoms with Gasteiger partial charge in [0.15, 0.2) is 0 Å². The largest absolute Gasteiger partial charge is 0.480 e. The zero-order valence-electron chi connectivity index (χ0n) is 11.7. The molecule has 3 N–H and O–H groups in total. The molecule has 0 aromatic heterocycles. The summed E-state index contributed by atoms with van der Waals surface area (Å²) in [6.07, 6.45) is 2.16. The second kappa shape index (κ2) is 6.42. The van der Waals surface area contributed by atoms with Gasteiger partial charge in [0.2, 0.25) is 0 Å². The maximum absolute atomic E-state index is 11.5. The molecule has 1 aliphatic heterocycles. The summed E-state index contributed by atoms with van der Waals surface area (Å²) in [5, 5.41) is 9.44. The molecule has 0 aliphatic carbocycles. The van der Waals surface area contributed by atoms with E-state index < -0.39 is 11.5 Å². The van der Waals surface area contributed by atoms with Crippen LogP contribution in [0, 0.1) is 5.92 Å². The van der Waals surface area contributed by atoms with Gasteiger partial charge in [-0.2, -0.15) is 0 Å². The minimum Gasteiger partial charge on any atom is -0.480 e. The van der Waals surface area contributed by atoms with Gasteiger partial charge in [-0.05, 0) is 12.0 Å². The minimum absolute atomic E-state index is 0.0349. The Morgan fingerprint density at radius 3 is 2.75 bits per heavy atom. The summed E-state index contributed by atoms with van der Waals surface area (Å²) in [5.41, 5.74) is 6.18. The van der Waals surface area contributed by atoms with Crippen molar-refractivity contribution in [3.05, 3.63) is 35.9 Å². The normalized spacial score (nSPS) is 26.8. The molecule has 0 saturated carbocycles. The van der Waals surface area contributed by atoms with Crippen molar-refractivity contribution in [2.24, 2.45) is 11.7 Å². The lowest BCUT2D eigenvalue weighted by Crippen LogP contribution is -2.54. The van der Waals surface area contributed by atoms with Crippen LogP contribution in [0.25, 0.3) is 0 Å². The Morgan fingerprint density at radius 1 is 1.45 bits per heavy atom. The third kappa shape index (κ3) is 3.22. The van der Waals surface area contributed by atoms with Gasteiger partial charge in [0.1, 0.15) is 5.54 Å². The second-order valence-electron chi connectivity index (χ2n) is 5.63. The van der Waals surface area contributed by atoms with Crippen LogP contribution in [0.4, 0.5) is 0 Å². The fraction of sp³-hybridized carbons (Fsp3) is 0.533. The molecule has 5 heteroatoms. The van der Waals surface area contributed by atoms with Crippen LogP contribution >= 0.6 is 0 Å². The molecule has 1 heterocycles. The van der Waals surface area contributed by atoms with Crippen LogP contribution in [0.2, 0.25) is 6.32 Å². The summed E-state index contributed by atoms with van der Waals surface area (Å²) in [7, 11) is 5.53. The van der Waals surface area contributed by atoms with Crippen molar-refractivity contribution in [3.63, 3.8) is 0 Å². The van der Waals surface area contributed by atoms with E-state index in [4.69, 9.17) is 13.6 Å². The van der Waals surface area contributed by atoms with Crippen LogP contribution < -0.4 is 5.73 Å². The molecule has 2 radical (unpaired) electrons. The summed E-state index contributed by atoms with van der Waals surface area (Å²) in [6, 6.07) is 10.1. The molecule has 1 aromatic rings. The number of carbonyl (C=O) groups is 1. The first-order chi connectivity index (χ1) is 9.56. The van der Waals surface area contributed by atoms with Gasteiger partial charge in [0.05, 0.1) is 7.85 Å². The van der Waals surface area contributed by atoms with Crippen LogP contribution in [0.1, 0.15) is 18.4 Å². The Kier molecular flexibility index (Phi) is 4.84. The standard InChI is InChI=1S/C15H21BN2O2/c16-8-4-7-13-10-18(11-15(13,17)14(19)20)9-12-5-2-1-3-6-12/h1-3,5-6,13H,4,7-11,17H2,(H,19,20)/t13-,15-/m0/s1. The fourth-order valence-corrected chi connectivity index (χ4v) is 2.96. The third-order valence-corrected chi connectivity index (χ3v) is 4.10. The molecular formula is C15H21BN2O2. The van der Waals surface area contributed by atoms with Gasteiger partial charge in [-0.25, -0.2) is 0 Å². The highest BCUT2D eigenvalue weighted by atomic mass is 16.4. The van der Waals surface area contributed by atoms with Gasteiger partial charge >= 0.3 is 5.97 Å². The maximum atomic E-state index is 11.5. The van der Waals surface area contributed by atoms with Crippen molar-refractivity contribution in [2.75, 3.05) is 13.1 Å². The SMILES string of the molecule is [B]CCC[C@H]1CN(Cc2ccccc2)C[C@@]1(N)C(=O)O. The van der Waals surface area contributed by atoms with E-state index in [0.29, 0.717) is 12.9 Å². The number of nitrogens with zero attached hydrogens (tertiary/aromatic N) is 1. The van der Waals surface area contributed by atoms with Crippen molar-refractivity contribution < 1.29 is 9.90 Å². The molecule has 1 aliphatic rings. The first kappa shape index (κ1) is 15.1. The Hall–Kier alpha value is -1.33. The quantitative estimate of drug-likeness (QED) is 0.765. The molecule has 1 saturated heterocycles. The number of likely N-dealkylation sites (tertiary alicyclic amines) is 1. The van der Waals surface area contributed by atoms with E-state index >= 15 is 0 Å². The zero-order chi connectivity index (χ0) is 14.6. The van der Waals surface area contributed by atoms with Gasteiger partial charge in [-0.1, -0.05) is 43.1 Å². The number of hydrogen-bond donors (Lipinski definition) is 2. The van der Waals surface area contributed by atoms with Crippen molar-refractivity contribution in [1.29, 1.82) is 0 Å².